The SMILES string of the molecule is OCc1cccc(C=CCCCl)c1. The third kappa shape index (κ3) is 3.62. The maximum Gasteiger partial charge on any atom is 0.0682 e. The second-order valence-electron chi connectivity index (χ2n) is 2.78. The van der Waals surface area contributed by atoms with Gasteiger partial charge < -0.3 is 5.11 Å². The molecule has 70 valence electrons. The van der Waals surface area contributed by atoms with E-state index in [2.05, 4.69) is 0 Å². The van der Waals surface area contributed by atoms with E-state index in [-0.39, 0.29) is 6.61 Å². The normalized spacial score (nSPS) is 10.9. The summed E-state index contributed by atoms with van der Waals surface area (Å²) in [6, 6.07) is 7.80. The summed E-state index contributed by atoms with van der Waals surface area (Å²) in [5.41, 5.74) is 2.05. The molecule has 0 aromatic heterocycles. The molecule has 1 rings (SSSR count). The van der Waals surface area contributed by atoms with Crippen molar-refractivity contribution >= 4 is 17.7 Å². The van der Waals surface area contributed by atoms with Crippen molar-refractivity contribution in [1.29, 1.82) is 0 Å². The lowest BCUT2D eigenvalue weighted by Gasteiger charge is -1.97. The molecule has 0 amide bonds. The van der Waals surface area contributed by atoms with Gasteiger partial charge in [-0.05, 0) is 23.6 Å². The predicted molar refractivity (Wildman–Crippen MR) is 56.7 cm³/mol. The molecule has 2 heteroatoms. The van der Waals surface area contributed by atoms with Crippen LogP contribution in [0.5, 0.6) is 0 Å². The number of alkyl halides is 1. The van der Waals surface area contributed by atoms with E-state index in [1.54, 1.807) is 0 Å². The summed E-state index contributed by atoms with van der Waals surface area (Å²) < 4.78 is 0. The lowest BCUT2D eigenvalue weighted by molar-refractivity contribution is 0.282. The summed E-state index contributed by atoms with van der Waals surface area (Å²) in [6.45, 7) is 0.0944. The van der Waals surface area contributed by atoms with Crippen LogP contribution in [-0.2, 0) is 6.61 Å². The van der Waals surface area contributed by atoms with Gasteiger partial charge in [-0.25, -0.2) is 0 Å². The Morgan fingerprint density at radius 1 is 1.38 bits per heavy atom. The third-order valence-corrected chi connectivity index (χ3v) is 1.94. The minimum atomic E-state index is 0.0944. The maximum atomic E-state index is 8.89. The molecule has 0 saturated carbocycles. The van der Waals surface area contributed by atoms with Gasteiger partial charge in [0.2, 0.25) is 0 Å². The third-order valence-electron chi connectivity index (χ3n) is 1.72. The number of hydrogen-bond acceptors (Lipinski definition) is 1. The first-order valence-corrected chi connectivity index (χ1v) is 4.82. The van der Waals surface area contributed by atoms with Crippen molar-refractivity contribution in [2.75, 3.05) is 5.88 Å². The number of aliphatic hydroxyl groups excluding tert-OH is 1. The fraction of sp³-hybridized carbons (Fsp3) is 0.273. The Bertz CT molecular complexity index is 281. The topological polar surface area (TPSA) is 20.2 Å². The molecule has 1 aromatic carbocycles. The Morgan fingerprint density at radius 2 is 2.23 bits per heavy atom. The number of rotatable bonds is 4. The molecule has 0 spiro atoms. The number of allylic oxidation sites excluding steroid dienone is 1. The van der Waals surface area contributed by atoms with E-state index in [1.807, 2.05) is 36.4 Å². The van der Waals surface area contributed by atoms with Crippen LogP contribution in [0.1, 0.15) is 17.5 Å². The predicted octanol–water partition coefficient (Wildman–Crippen LogP) is 2.82. The van der Waals surface area contributed by atoms with E-state index in [1.165, 1.54) is 0 Å². The highest BCUT2D eigenvalue weighted by atomic mass is 35.5. The molecule has 0 aliphatic rings. The van der Waals surface area contributed by atoms with Crippen molar-refractivity contribution in [3.8, 4) is 0 Å². The number of benzene rings is 1. The quantitative estimate of drug-likeness (QED) is 0.735. The van der Waals surface area contributed by atoms with E-state index < -0.39 is 0 Å². The zero-order valence-electron chi connectivity index (χ0n) is 7.41. The van der Waals surface area contributed by atoms with E-state index in [0.29, 0.717) is 5.88 Å². The highest BCUT2D eigenvalue weighted by Crippen LogP contribution is 2.07. The summed E-state index contributed by atoms with van der Waals surface area (Å²) >= 11 is 5.54. The first-order valence-electron chi connectivity index (χ1n) is 4.29. The van der Waals surface area contributed by atoms with Crippen molar-refractivity contribution in [2.24, 2.45) is 0 Å². The van der Waals surface area contributed by atoms with Gasteiger partial charge in [-0.3, -0.25) is 0 Å². The molecule has 0 heterocycles. The Kier molecular flexibility index (Phi) is 4.58. The van der Waals surface area contributed by atoms with E-state index >= 15 is 0 Å². The van der Waals surface area contributed by atoms with Crippen molar-refractivity contribution in [3.63, 3.8) is 0 Å². The molecule has 1 nitrogen and oxygen atoms in total. The fourth-order valence-corrected chi connectivity index (χ4v) is 1.20. The second-order valence-corrected chi connectivity index (χ2v) is 3.16. The van der Waals surface area contributed by atoms with Crippen LogP contribution in [0.3, 0.4) is 0 Å². The summed E-state index contributed by atoms with van der Waals surface area (Å²) in [5.74, 6) is 0.649. The lowest BCUT2D eigenvalue weighted by Crippen LogP contribution is -1.82. The lowest BCUT2D eigenvalue weighted by atomic mass is 10.1. The molecule has 13 heavy (non-hydrogen) atoms. The minimum absolute atomic E-state index is 0.0944. The molecule has 1 N–H and O–H groups in total. The summed E-state index contributed by atoms with van der Waals surface area (Å²) in [5, 5.41) is 8.89. The molecular formula is C11H13ClO. The summed E-state index contributed by atoms with van der Waals surface area (Å²) in [4.78, 5) is 0. The maximum absolute atomic E-state index is 8.89. The van der Waals surface area contributed by atoms with Gasteiger partial charge in [-0.1, -0.05) is 30.4 Å². The summed E-state index contributed by atoms with van der Waals surface area (Å²) in [6.07, 6.45) is 4.93. The van der Waals surface area contributed by atoms with Crippen LogP contribution in [0, 0.1) is 0 Å². The number of aliphatic hydroxyl groups is 1. The zero-order chi connectivity index (χ0) is 9.52. The van der Waals surface area contributed by atoms with Crippen LogP contribution in [-0.4, -0.2) is 11.0 Å². The average molecular weight is 197 g/mol. The molecule has 0 atom stereocenters. The van der Waals surface area contributed by atoms with E-state index in [0.717, 1.165) is 17.5 Å². The van der Waals surface area contributed by atoms with Crippen LogP contribution < -0.4 is 0 Å². The fourth-order valence-electron chi connectivity index (χ4n) is 1.08. The van der Waals surface area contributed by atoms with Gasteiger partial charge in [-0.2, -0.15) is 0 Å². The highest BCUT2D eigenvalue weighted by Gasteiger charge is 1.90. The summed E-state index contributed by atoms with van der Waals surface area (Å²) in [7, 11) is 0. The molecule has 0 aliphatic carbocycles. The molecule has 0 radical (unpaired) electrons. The zero-order valence-corrected chi connectivity index (χ0v) is 8.17. The van der Waals surface area contributed by atoms with Crippen LogP contribution in [0.4, 0.5) is 0 Å². The molecular weight excluding hydrogens is 184 g/mol. The highest BCUT2D eigenvalue weighted by molar-refractivity contribution is 6.17. The van der Waals surface area contributed by atoms with Crippen LogP contribution in [0.25, 0.3) is 6.08 Å². The molecule has 0 aliphatic heterocycles. The largest absolute Gasteiger partial charge is 0.392 e. The van der Waals surface area contributed by atoms with E-state index in [9.17, 15) is 0 Å². The van der Waals surface area contributed by atoms with Crippen LogP contribution in [0.2, 0.25) is 0 Å². The van der Waals surface area contributed by atoms with E-state index in [4.69, 9.17) is 16.7 Å². The van der Waals surface area contributed by atoms with Crippen LogP contribution in [0.15, 0.2) is 30.3 Å². The molecule has 1 aromatic rings. The number of hydrogen-bond donors (Lipinski definition) is 1. The van der Waals surface area contributed by atoms with Crippen molar-refractivity contribution in [2.45, 2.75) is 13.0 Å². The average Bonchev–Trinajstić information content (AvgIpc) is 2.19. The van der Waals surface area contributed by atoms with Crippen LogP contribution >= 0.6 is 11.6 Å². The van der Waals surface area contributed by atoms with Gasteiger partial charge in [0.15, 0.2) is 0 Å². The Balaban J connectivity index is 2.66. The van der Waals surface area contributed by atoms with Gasteiger partial charge in [-0.15, -0.1) is 11.6 Å². The Hall–Kier alpha value is -0.790. The molecule has 0 bridgehead atoms. The number of halogens is 1. The standard InChI is InChI=1S/C11H13ClO/c12-7-2-1-4-10-5-3-6-11(8-10)9-13/h1,3-6,8,13H,2,7,9H2. The first-order chi connectivity index (χ1) is 6.36. The monoisotopic (exact) mass is 196 g/mol. The van der Waals surface area contributed by atoms with Crippen molar-refractivity contribution in [3.05, 3.63) is 41.5 Å². The molecule has 0 unspecified atom stereocenters. The molecule has 0 fully saturated rings. The minimum Gasteiger partial charge on any atom is -0.392 e. The van der Waals surface area contributed by atoms with Crippen molar-refractivity contribution in [1.82, 2.24) is 0 Å². The van der Waals surface area contributed by atoms with Gasteiger partial charge in [0, 0.05) is 5.88 Å². The Labute approximate surface area is 83.7 Å². The molecule has 0 saturated heterocycles. The Morgan fingerprint density at radius 3 is 2.92 bits per heavy atom. The van der Waals surface area contributed by atoms with Gasteiger partial charge in [0.1, 0.15) is 0 Å². The first kappa shape index (κ1) is 10.3. The van der Waals surface area contributed by atoms with Crippen molar-refractivity contribution < 1.29 is 5.11 Å². The van der Waals surface area contributed by atoms with Gasteiger partial charge >= 0.3 is 0 Å². The van der Waals surface area contributed by atoms with Gasteiger partial charge in [0.05, 0.1) is 6.61 Å². The van der Waals surface area contributed by atoms with Gasteiger partial charge in [0.25, 0.3) is 0 Å². The second kappa shape index (κ2) is 5.79. The smallest absolute Gasteiger partial charge is 0.0682 e.